The highest BCUT2D eigenvalue weighted by molar-refractivity contribution is 6.31. The van der Waals surface area contributed by atoms with E-state index in [9.17, 15) is 4.79 Å². The Bertz CT molecular complexity index is 981. The number of methoxy groups -OCH3 is 2. The highest BCUT2D eigenvalue weighted by atomic mass is 35.5. The minimum Gasteiger partial charge on any atom is -0.497 e. The molecule has 8 heteroatoms. The Kier molecular flexibility index (Phi) is 6.29. The third kappa shape index (κ3) is 4.69. The van der Waals surface area contributed by atoms with E-state index in [0.717, 1.165) is 5.56 Å². The molecule has 28 heavy (non-hydrogen) atoms. The normalized spacial score (nSPS) is 10.2. The minimum atomic E-state index is -0.383. The zero-order valence-electron chi connectivity index (χ0n) is 15.4. The summed E-state index contributed by atoms with van der Waals surface area (Å²) in [5.74, 6) is 1.25. The van der Waals surface area contributed by atoms with Crippen LogP contribution in [-0.4, -0.2) is 30.1 Å². The molecule has 3 aromatic rings. The number of carbonyl (C=O) groups excluding carboxylic acids is 1. The van der Waals surface area contributed by atoms with Crippen LogP contribution in [0.15, 0.2) is 54.9 Å². The second-order valence-corrected chi connectivity index (χ2v) is 6.16. The van der Waals surface area contributed by atoms with Crippen molar-refractivity contribution in [2.24, 2.45) is 0 Å². The molecule has 1 amide bonds. The van der Waals surface area contributed by atoms with Gasteiger partial charge in [0, 0.05) is 23.7 Å². The minimum absolute atomic E-state index is 0.217. The molecule has 0 aliphatic heterocycles. The van der Waals surface area contributed by atoms with Crippen molar-refractivity contribution in [2.75, 3.05) is 24.9 Å². The SMILES string of the molecule is COc1ccc(NC(=O)c2cc(NCc3ccccc3Cl)ncn2)c(OC)c1. The van der Waals surface area contributed by atoms with Crippen molar-refractivity contribution in [2.45, 2.75) is 6.54 Å². The van der Waals surface area contributed by atoms with Crippen molar-refractivity contribution in [3.8, 4) is 11.5 Å². The third-order valence-electron chi connectivity index (χ3n) is 3.97. The molecule has 7 nitrogen and oxygen atoms in total. The standard InChI is InChI=1S/C20H19ClN4O3/c1-27-14-7-8-16(18(9-14)28-2)25-20(26)17-10-19(24-12-23-17)22-11-13-5-3-4-6-15(13)21/h3-10,12H,11H2,1-2H3,(H,25,26)(H,22,23,24). The van der Waals surface area contributed by atoms with Gasteiger partial charge in [-0.2, -0.15) is 0 Å². The summed E-state index contributed by atoms with van der Waals surface area (Å²) < 4.78 is 10.5. The highest BCUT2D eigenvalue weighted by Crippen LogP contribution is 2.29. The maximum Gasteiger partial charge on any atom is 0.274 e. The van der Waals surface area contributed by atoms with Gasteiger partial charge in [0.2, 0.25) is 0 Å². The Balaban J connectivity index is 1.71. The Labute approximate surface area is 167 Å². The van der Waals surface area contributed by atoms with Crippen LogP contribution in [0.4, 0.5) is 11.5 Å². The van der Waals surface area contributed by atoms with E-state index in [0.29, 0.717) is 34.6 Å². The molecule has 1 aromatic heterocycles. The van der Waals surface area contributed by atoms with Crippen LogP contribution in [0.25, 0.3) is 0 Å². The van der Waals surface area contributed by atoms with Crippen LogP contribution in [0.5, 0.6) is 11.5 Å². The average Bonchev–Trinajstić information content (AvgIpc) is 2.73. The second kappa shape index (κ2) is 9.05. The molecule has 0 atom stereocenters. The Morgan fingerprint density at radius 3 is 2.64 bits per heavy atom. The molecule has 0 radical (unpaired) electrons. The molecule has 0 saturated carbocycles. The van der Waals surface area contributed by atoms with Crippen LogP contribution >= 0.6 is 11.6 Å². The zero-order chi connectivity index (χ0) is 19.9. The molecule has 144 valence electrons. The van der Waals surface area contributed by atoms with Crippen molar-refractivity contribution in [3.63, 3.8) is 0 Å². The summed E-state index contributed by atoms with van der Waals surface area (Å²) in [6, 6.07) is 14.2. The number of hydrogen-bond acceptors (Lipinski definition) is 6. The number of amides is 1. The van der Waals surface area contributed by atoms with Crippen molar-refractivity contribution in [1.29, 1.82) is 0 Å². The van der Waals surface area contributed by atoms with Gasteiger partial charge in [0.05, 0.1) is 19.9 Å². The van der Waals surface area contributed by atoms with E-state index in [1.54, 1.807) is 31.4 Å². The van der Waals surface area contributed by atoms with Gasteiger partial charge in [0.25, 0.3) is 5.91 Å². The molecule has 3 rings (SSSR count). The van der Waals surface area contributed by atoms with E-state index in [2.05, 4.69) is 20.6 Å². The van der Waals surface area contributed by atoms with Crippen LogP contribution in [0.3, 0.4) is 0 Å². The largest absolute Gasteiger partial charge is 0.497 e. The summed E-state index contributed by atoms with van der Waals surface area (Å²) in [7, 11) is 3.08. The number of benzene rings is 2. The first-order chi connectivity index (χ1) is 13.6. The summed E-state index contributed by atoms with van der Waals surface area (Å²) in [6.45, 7) is 0.476. The topological polar surface area (TPSA) is 85.4 Å². The summed E-state index contributed by atoms with van der Waals surface area (Å²) in [5, 5.41) is 6.58. The number of carbonyl (C=O) groups is 1. The van der Waals surface area contributed by atoms with Crippen LogP contribution in [0.1, 0.15) is 16.1 Å². The predicted molar refractivity (Wildman–Crippen MR) is 108 cm³/mol. The zero-order valence-corrected chi connectivity index (χ0v) is 16.2. The van der Waals surface area contributed by atoms with Crippen LogP contribution in [0.2, 0.25) is 5.02 Å². The lowest BCUT2D eigenvalue weighted by molar-refractivity contribution is 0.102. The first kappa shape index (κ1) is 19.4. The van der Waals surface area contributed by atoms with Crippen molar-refractivity contribution in [1.82, 2.24) is 9.97 Å². The lowest BCUT2D eigenvalue weighted by Crippen LogP contribution is -2.15. The molecule has 1 heterocycles. The van der Waals surface area contributed by atoms with E-state index in [4.69, 9.17) is 21.1 Å². The van der Waals surface area contributed by atoms with E-state index < -0.39 is 0 Å². The summed E-state index contributed by atoms with van der Waals surface area (Å²) in [5.41, 5.74) is 1.66. The summed E-state index contributed by atoms with van der Waals surface area (Å²) >= 11 is 6.15. The second-order valence-electron chi connectivity index (χ2n) is 5.75. The number of nitrogens with zero attached hydrogens (tertiary/aromatic N) is 2. The van der Waals surface area contributed by atoms with Gasteiger partial charge >= 0.3 is 0 Å². The van der Waals surface area contributed by atoms with Gasteiger partial charge in [-0.1, -0.05) is 29.8 Å². The molecular formula is C20H19ClN4O3. The fraction of sp³-hybridized carbons (Fsp3) is 0.150. The molecule has 0 aliphatic rings. The first-order valence-electron chi connectivity index (χ1n) is 8.43. The summed E-state index contributed by atoms with van der Waals surface area (Å²) in [6.07, 6.45) is 1.33. The Hall–Kier alpha value is -3.32. The molecule has 0 unspecified atom stereocenters. The highest BCUT2D eigenvalue weighted by Gasteiger charge is 2.13. The van der Waals surface area contributed by atoms with Crippen molar-refractivity contribution < 1.29 is 14.3 Å². The summed E-state index contributed by atoms with van der Waals surface area (Å²) in [4.78, 5) is 20.8. The Morgan fingerprint density at radius 1 is 1.07 bits per heavy atom. The fourth-order valence-corrected chi connectivity index (χ4v) is 2.70. The van der Waals surface area contributed by atoms with Gasteiger partial charge in [0.1, 0.15) is 29.3 Å². The molecule has 2 aromatic carbocycles. The molecule has 0 aliphatic carbocycles. The predicted octanol–water partition coefficient (Wildman–Crippen LogP) is 4.01. The molecule has 0 saturated heterocycles. The van der Waals surface area contributed by atoms with Gasteiger partial charge in [-0.25, -0.2) is 9.97 Å². The van der Waals surface area contributed by atoms with Gasteiger partial charge in [-0.15, -0.1) is 0 Å². The van der Waals surface area contributed by atoms with Crippen LogP contribution in [-0.2, 0) is 6.54 Å². The van der Waals surface area contributed by atoms with Gasteiger partial charge in [-0.3, -0.25) is 4.79 Å². The smallest absolute Gasteiger partial charge is 0.274 e. The lowest BCUT2D eigenvalue weighted by Gasteiger charge is -2.12. The maximum atomic E-state index is 12.6. The van der Waals surface area contributed by atoms with E-state index in [-0.39, 0.29) is 11.6 Å². The third-order valence-corrected chi connectivity index (χ3v) is 4.34. The van der Waals surface area contributed by atoms with Crippen LogP contribution in [0, 0.1) is 0 Å². The van der Waals surface area contributed by atoms with E-state index in [1.807, 2.05) is 24.3 Å². The lowest BCUT2D eigenvalue weighted by atomic mass is 10.2. The quantitative estimate of drug-likeness (QED) is 0.625. The van der Waals surface area contributed by atoms with Crippen molar-refractivity contribution >= 4 is 29.0 Å². The number of nitrogens with one attached hydrogen (secondary N) is 2. The molecule has 0 bridgehead atoms. The van der Waals surface area contributed by atoms with E-state index >= 15 is 0 Å². The van der Waals surface area contributed by atoms with Gasteiger partial charge in [0.15, 0.2) is 0 Å². The number of halogens is 1. The van der Waals surface area contributed by atoms with E-state index in [1.165, 1.54) is 13.4 Å². The maximum absolute atomic E-state index is 12.6. The van der Waals surface area contributed by atoms with Gasteiger partial charge < -0.3 is 20.1 Å². The number of aromatic nitrogens is 2. The number of ether oxygens (including phenoxy) is 2. The molecule has 2 N–H and O–H groups in total. The monoisotopic (exact) mass is 398 g/mol. The number of anilines is 2. The average molecular weight is 399 g/mol. The number of rotatable bonds is 7. The van der Waals surface area contributed by atoms with Gasteiger partial charge in [-0.05, 0) is 23.8 Å². The molecule has 0 fully saturated rings. The molecular weight excluding hydrogens is 380 g/mol. The fourth-order valence-electron chi connectivity index (χ4n) is 2.49. The van der Waals surface area contributed by atoms with Crippen molar-refractivity contribution in [3.05, 3.63) is 71.1 Å². The molecule has 0 spiro atoms. The number of hydrogen-bond donors (Lipinski definition) is 2. The first-order valence-corrected chi connectivity index (χ1v) is 8.81. The van der Waals surface area contributed by atoms with Crippen LogP contribution < -0.4 is 20.1 Å². The Morgan fingerprint density at radius 2 is 1.89 bits per heavy atom.